The minimum absolute atomic E-state index is 0.154. The molecule has 3 rings (SSSR count). The predicted molar refractivity (Wildman–Crippen MR) is 88.0 cm³/mol. The van der Waals surface area contributed by atoms with E-state index in [1.807, 2.05) is 35.2 Å². The molecular formula is C18H24N2O3. The zero-order valence-electron chi connectivity index (χ0n) is 13.6. The standard InChI is InChI=1S/C18H24N2O3/c1-23-16(21)13-14-7-11-20(12-8-14)17(22)18(9-10-18)19-15-5-3-2-4-6-15/h2-6,14,19H,7-13H2,1H3. The van der Waals surface area contributed by atoms with Gasteiger partial charge in [-0.25, -0.2) is 0 Å². The van der Waals surface area contributed by atoms with Crippen LogP contribution in [-0.4, -0.2) is 42.5 Å². The largest absolute Gasteiger partial charge is 0.469 e. The summed E-state index contributed by atoms with van der Waals surface area (Å²) in [5.74, 6) is 0.390. The van der Waals surface area contributed by atoms with Crippen LogP contribution in [0.2, 0.25) is 0 Å². The first kappa shape index (κ1) is 15.8. The highest BCUT2D eigenvalue weighted by molar-refractivity contribution is 5.92. The maximum Gasteiger partial charge on any atom is 0.305 e. The Morgan fingerprint density at radius 2 is 1.87 bits per heavy atom. The van der Waals surface area contributed by atoms with Gasteiger partial charge in [-0.2, -0.15) is 0 Å². The first-order chi connectivity index (χ1) is 11.1. The molecule has 1 aliphatic carbocycles. The van der Waals surface area contributed by atoms with Crippen LogP contribution in [0.4, 0.5) is 5.69 Å². The van der Waals surface area contributed by atoms with Gasteiger partial charge in [-0.3, -0.25) is 9.59 Å². The minimum atomic E-state index is -0.406. The Hall–Kier alpha value is -2.04. The second-order valence-electron chi connectivity index (χ2n) is 6.59. The van der Waals surface area contributed by atoms with Gasteiger partial charge in [0.2, 0.25) is 5.91 Å². The molecule has 1 aromatic carbocycles. The van der Waals surface area contributed by atoms with Crippen LogP contribution in [0, 0.1) is 5.92 Å². The number of likely N-dealkylation sites (tertiary alicyclic amines) is 1. The van der Waals surface area contributed by atoms with E-state index in [4.69, 9.17) is 4.74 Å². The summed E-state index contributed by atoms with van der Waals surface area (Å²) in [5, 5.41) is 3.41. The zero-order valence-corrected chi connectivity index (χ0v) is 13.6. The summed E-state index contributed by atoms with van der Waals surface area (Å²) in [4.78, 5) is 26.2. The average molecular weight is 316 g/mol. The van der Waals surface area contributed by atoms with Gasteiger partial charge in [-0.05, 0) is 43.7 Å². The van der Waals surface area contributed by atoms with Crippen LogP contribution < -0.4 is 5.32 Å². The Balaban J connectivity index is 1.54. The summed E-state index contributed by atoms with van der Waals surface area (Å²) in [6.07, 6.45) is 4.00. The molecular weight excluding hydrogens is 292 g/mol. The molecule has 5 nitrogen and oxygen atoms in total. The van der Waals surface area contributed by atoms with Crippen molar-refractivity contribution >= 4 is 17.6 Å². The van der Waals surface area contributed by atoms with Gasteiger partial charge in [0.1, 0.15) is 5.54 Å². The first-order valence-electron chi connectivity index (χ1n) is 8.32. The van der Waals surface area contributed by atoms with Gasteiger partial charge in [0.05, 0.1) is 7.11 Å². The molecule has 0 unspecified atom stereocenters. The van der Waals surface area contributed by atoms with E-state index in [1.54, 1.807) is 0 Å². The van der Waals surface area contributed by atoms with E-state index in [-0.39, 0.29) is 11.9 Å². The highest BCUT2D eigenvalue weighted by atomic mass is 16.5. The number of hydrogen-bond acceptors (Lipinski definition) is 4. The van der Waals surface area contributed by atoms with Crippen LogP contribution in [0.1, 0.15) is 32.1 Å². The molecule has 23 heavy (non-hydrogen) atoms. The quantitative estimate of drug-likeness (QED) is 0.848. The number of ether oxygens (including phenoxy) is 1. The van der Waals surface area contributed by atoms with E-state index in [0.29, 0.717) is 12.3 Å². The van der Waals surface area contributed by atoms with Crippen molar-refractivity contribution in [3.63, 3.8) is 0 Å². The van der Waals surface area contributed by atoms with Gasteiger partial charge in [0.25, 0.3) is 0 Å². The molecule has 2 aliphatic rings. The molecule has 1 saturated heterocycles. The van der Waals surface area contributed by atoms with E-state index >= 15 is 0 Å². The second-order valence-corrected chi connectivity index (χ2v) is 6.59. The molecule has 1 heterocycles. The molecule has 0 spiro atoms. The third kappa shape index (κ3) is 3.66. The lowest BCUT2D eigenvalue weighted by Crippen LogP contribution is -2.48. The Bertz CT molecular complexity index is 561. The number of piperidine rings is 1. The topological polar surface area (TPSA) is 58.6 Å². The van der Waals surface area contributed by atoms with Crippen LogP contribution in [-0.2, 0) is 14.3 Å². The molecule has 2 fully saturated rings. The lowest BCUT2D eigenvalue weighted by molar-refractivity contribution is -0.142. The SMILES string of the molecule is COC(=O)CC1CCN(C(=O)C2(Nc3ccccc3)CC2)CC1. The number of carbonyl (C=O) groups is 2. The maximum absolute atomic E-state index is 12.8. The van der Waals surface area contributed by atoms with E-state index < -0.39 is 5.54 Å². The predicted octanol–water partition coefficient (Wildman–Crippen LogP) is 2.43. The van der Waals surface area contributed by atoms with Crippen molar-refractivity contribution in [2.45, 2.75) is 37.6 Å². The molecule has 1 amide bonds. The molecule has 0 radical (unpaired) electrons. The van der Waals surface area contributed by atoms with Gasteiger partial charge in [-0.1, -0.05) is 18.2 Å². The molecule has 1 N–H and O–H groups in total. The Morgan fingerprint density at radius 1 is 1.22 bits per heavy atom. The second kappa shape index (κ2) is 6.60. The number of hydrogen-bond donors (Lipinski definition) is 1. The number of benzene rings is 1. The number of amides is 1. The smallest absolute Gasteiger partial charge is 0.305 e. The summed E-state index contributed by atoms with van der Waals surface area (Å²) in [6, 6.07) is 9.91. The highest BCUT2D eigenvalue weighted by Crippen LogP contribution is 2.41. The van der Waals surface area contributed by atoms with Crippen LogP contribution in [0.5, 0.6) is 0 Å². The Morgan fingerprint density at radius 3 is 2.43 bits per heavy atom. The Labute approximate surface area is 137 Å². The number of rotatable bonds is 5. The lowest BCUT2D eigenvalue weighted by Gasteiger charge is -2.34. The molecule has 124 valence electrons. The molecule has 0 atom stereocenters. The Kier molecular flexibility index (Phi) is 4.55. The number of nitrogens with one attached hydrogen (secondary N) is 1. The highest BCUT2D eigenvalue weighted by Gasteiger charge is 2.52. The van der Waals surface area contributed by atoms with Gasteiger partial charge in [0.15, 0.2) is 0 Å². The van der Waals surface area contributed by atoms with Crippen molar-refractivity contribution in [3.05, 3.63) is 30.3 Å². The number of anilines is 1. The van der Waals surface area contributed by atoms with Crippen LogP contribution in [0.25, 0.3) is 0 Å². The molecule has 5 heteroatoms. The first-order valence-corrected chi connectivity index (χ1v) is 8.32. The van der Waals surface area contributed by atoms with E-state index in [1.165, 1.54) is 7.11 Å². The fraction of sp³-hybridized carbons (Fsp3) is 0.556. The van der Waals surface area contributed by atoms with E-state index in [2.05, 4.69) is 5.32 Å². The van der Waals surface area contributed by atoms with Crippen molar-refractivity contribution < 1.29 is 14.3 Å². The molecule has 1 aromatic rings. The van der Waals surface area contributed by atoms with Gasteiger partial charge >= 0.3 is 5.97 Å². The number of esters is 1. The van der Waals surface area contributed by atoms with Crippen molar-refractivity contribution in [3.8, 4) is 0 Å². The summed E-state index contributed by atoms with van der Waals surface area (Å²) in [7, 11) is 1.42. The normalized spacial score (nSPS) is 20.0. The lowest BCUT2D eigenvalue weighted by atomic mass is 9.93. The average Bonchev–Trinajstić information content (AvgIpc) is 3.36. The summed E-state index contributed by atoms with van der Waals surface area (Å²) < 4.78 is 4.73. The number of nitrogens with zero attached hydrogens (tertiary/aromatic N) is 1. The molecule has 1 saturated carbocycles. The third-order valence-corrected chi connectivity index (χ3v) is 4.90. The van der Waals surface area contributed by atoms with Crippen LogP contribution in [0.3, 0.4) is 0 Å². The van der Waals surface area contributed by atoms with Crippen LogP contribution in [0.15, 0.2) is 30.3 Å². The van der Waals surface area contributed by atoms with Crippen molar-refractivity contribution in [2.75, 3.05) is 25.5 Å². The van der Waals surface area contributed by atoms with Crippen LogP contribution >= 0.6 is 0 Å². The summed E-state index contributed by atoms with van der Waals surface area (Å²) in [5.41, 5.74) is 0.593. The minimum Gasteiger partial charge on any atom is -0.469 e. The fourth-order valence-corrected chi connectivity index (χ4v) is 3.28. The zero-order chi connectivity index (χ0) is 16.3. The van der Waals surface area contributed by atoms with Crippen molar-refractivity contribution in [1.29, 1.82) is 0 Å². The van der Waals surface area contributed by atoms with E-state index in [0.717, 1.165) is 44.5 Å². The number of para-hydroxylation sites is 1. The van der Waals surface area contributed by atoms with Gasteiger partial charge < -0.3 is 15.0 Å². The maximum atomic E-state index is 12.8. The molecule has 0 bridgehead atoms. The molecule has 0 aromatic heterocycles. The third-order valence-electron chi connectivity index (χ3n) is 4.90. The van der Waals surface area contributed by atoms with Crippen molar-refractivity contribution in [1.82, 2.24) is 4.90 Å². The molecule has 1 aliphatic heterocycles. The monoisotopic (exact) mass is 316 g/mol. The van der Waals surface area contributed by atoms with Gasteiger partial charge in [0, 0.05) is 25.2 Å². The summed E-state index contributed by atoms with van der Waals surface area (Å²) in [6.45, 7) is 1.47. The fourth-order valence-electron chi connectivity index (χ4n) is 3.28. The van der Waals surface area contributed by atoms with E-state index in [9.17, 15) is 9.59 Å². The van der Waals surface area contributed by atoms with Gasteiger partial charge in [-0.15, -0.1) is 0 Å². The number of carbonyl (C=O) groups excluding carboxylic acids is 2. The summed E-state index contributed by atoms with van der Waals surface area (Å²) >= 11 is 0. The number of methoxy groups -OCH3 is 1. The van der Waals surface area contributed by atoms with Crippen molar-refractivity contribution in [2.24, 2.45) is 5.92 Å².